The molecule has 2 atom stereocenters. The van der Waals surface area contributed by atoms with Gasteiger partial charge in [-0.25, -0.2) is 8.42 Å². The Hall–Kier alpha value is -1.95. The van der Waals surface area contributed by atoms with Crippen molar-refractivity contribution in [2.75, 3.05) is 24.7 Å². The van der Waals surface area contributed by atoms with Crippen molar-refractivity contribution in [3.05, 3.63) is 35.7 Å². The SMILES string of the molecule is CSCc1nnc(NC(=O)c2ccc(S(=O)(=O)N3C[C@@H](C)O[C@H](C)C3)cc2)o1. The van der Waals surface area contributed by atoms with E-state index >= 15 is 0 Å². The first kappa shape index (κ1) is 20.8. The van der Waals surface area contributed by atoms with Gasteiger partial charge >= 0.3 is 6.01 Å². The van der Waals surface area contributed by atoms with Crippen LogP contribution < -0.4 is 5.32 Å². The van der Waals surface area contributed by atoms with Crippen LogP contribution in [0.25, 0.3) is 0 Å². The maximum atomic E-state index is 12.8. The number of benzene rings is 1. The number of amides is 1. The molecule has 1 saturated heterocycles. The molecule has 1 fully saturated rings. The van der Waals surface area contributed by atoms with E-state index in [4.69, 9.17) is 9.15 Å². The Morgan fingerprint density at radius 3 is 2.46 bits per heavy atom. The molecule has 0 aliphatic carbocycles. The lowest BCUT2D eigenvalue weighted by Crippen LogP contribution is -2.48. The molecule has 1 N–H and O–H groups in total. The number of ether oxygens (including phenoxy) is 1. The fourth-order valence-electron chi connectivity index (χ4n) is 2.91. The second-order valence-electron chi connectivity index (χ2n) is 6.49. The number of carbonyl (C=O) groups is 1. The maximum absolute atomic E-state index is 12.8. The molecule has 3 rings (SSSR count). The molecule has 1 aliphatic rings. The summed E-state index contributed by atoms with van der Waals surface area (Å²) in [5, 5.41) is 10.1. The van der Waals surface area contributed by atoms with Crippen LogP contribution in [0.2, 0.25) is 0 Å². The second kappa shape index (κ2) is 8.60. The summed E-state index contributed by atoms with van der Waals surface area (Å²) in [6.07, 6.45) is 1.55. The number of nitrogens with one attached hydrogen (secondary N) is 1. The highest BCUT2D eigenvalue weighted by atomic mass is 32.2. The number of hydrogen-bond acceptors (Lipinski definition) is 8. The van der Waals surface area contributed by atoms with Gasteiger partial charge in [0.2, 0.25) is 15.9 Å². The predicted molar refractivity (Wildman–Crippen MR) is 105 cm³/mol. The van der Waals surface area contributed by atoms with E-state index in [-0.39, 0.29) is 28.7 Å². The van der Waals surface area contributed by atoms with Crippen LogP contribution in [0.3, 0.4) is 0 Å². The molecule has 152 valence electrons. The number of sulfonamides is 1. The van der Waals surface area contributed by atoms with Crippen LogP contribution in [-0.4, -0.2) is 60.4 Å². The van der Waals surface area contributed by atoms with E-state index in [1.807, 2.05) is 20.1 Å². The summed E-state index contributed by atoms with van der Waals surface area (Å²) in [6, 6.07) is 5.75. The minimum atomic E-state index is -3.65. The monoisotopic (exact) mass is 426 g/mol. The topological polar surface area (TPSA) is 115 Å². The van der Waals surface area contributed by atoms with Gasteiger partial charge in [-0.1, -0.05) is 5.10 Å². The van der Waals surface area contributed by atoms with E-state index in [0.717, 1.165) is 0 Å². The van der Waals surface area contributed by atoms with Crippen molar-refractivity contribution >= 4 is 33.7 Å². The van der Waals surface area contributed by atoms with E-state index in [2.05, 4.69) is 15.5 Å². The highest BCUT2D eigenvalue weighted by Crippen LogP contribution is 2.22. The van der Waals surface area contributed by atoms with Gasteiger partial charge in [-0.15, -0.1) is 5.10 Å². The van der Waals surface area contributed by atoms with E-state index in [0.29, 0.717) is 24.7 Å². The van der Waals surface area contributed by atoms with Gasteiger partial charge in [-0.3, -0.25) is 10.1 Å². The van der Waals surface area contributed by atoms with Crippen molar-refractivity contribution in [2.24, 2.45) is 0 Å². The molecule has 28 heavy (non-hydrogen) atoms. The number of thioether (sulfide) groups is 1. The molecule has 1 amide bonds. The minimum absolute atomic E-state index is 0.00189. The molecule has 0 radical (unpaired) electrons. The number of nitrogens with zero attached hydrogens (tertiary/aromatic N) is 3. The Morgan fingerprint density at radius 2 is 1.86 bits per heavy atom. The number of morpholine rings is 1. The molecule has 1 aromatic carbocycles. The van der Waals surface area contributed by atoms with Gasteiger partial charge in [-0.2, -0.15) is 16.1 Å². The summed E-state index contributed by atoms with van der Waals surface area (Å²) in [5.41, 5.74) is 0.285. The third-order valence-corrected chi connectivity index (χ3v) is 6.48. The first-order chi connectivity index (χ1) is 13.3. The highest BCUT2D eigenvalue weighted by molar-refractivity contribution is 7.97. The molecule has 2 heterocycles. The summed E-state index contributed by atoms with van der Waals surface area (Å²) in [6.45, 7) is 4.27. The van der Waals surface area contributed by atoms with Crippen LogP contribution >= 0.6 is 11.8 Å². The van der Waals surface area contributed by atoms with Gasteiger partial charge in [0.15, 0.2) is 0 Å². The van der Waals surface area contributed by atoms with Crippen molar-refractivity contribution < 1.29 is 22.4 Å². The van der Waals surface area contributed by atoms with Crippen molar-refractivity contribution in [1.29, 1.82) is 0 Å². The fourth-order valence-corrected chi connectivity index (χ4v) is 4.86. The van der Waals surface area contributed by atoms with Crippen molar-refractivity contribution in [1.82, 2.24) is 14.5 Å². The van der Waals surface area contributed by atoms with Crippen LogP contribution in [-0.2, 0) is 20.5 Å². The van der Waals surface area contributed by atoms with Crippen LogP contribution in [0.4, 0.5) is 6.01 Å². The zero-order valence-electron chi connectivity index (χ0n) is 15.8. The Kier molecular flexibility index (Phi) is 6.38. The molecule has 1 aromatic heterocycles. The van der Waals surface area contributed by atoms with Crippen LogP contribution in [0.5, 0.6) is 0 Å². The van der Waals surface area contributed by atoms with Gasteiger partial charge in [0.25, 0.3) is 5.91 Å². The molecule has 0 bridgehead atoms. The number of carbonyl (C=O) groups excluding carboxylic acids is 1. The summed E-state index contributed by atoms with van der Waals surface area (Å²) in [7, 11) is -3.65. The number of anilines is 1. The number of rotatable bonds is 6. The zero-order valence-corrected chi connectivity index (χ0v) is 17.4. The van der Waals surface area contributed by atoms with Gasteiger partial charge in [-0.05, 0) is 44.4 Å². The average molecular weight is 427 g/mol. The molecule has 0 saturated carbocycles. The zero-order chi connectivity index (χ0) is 20.3. The van der Waals surface area contributed by atoms with Gasteiger partial charge in [0.05, 0.1) is 22.9 Å². The fraction of sp³-hybridized carbons (Fsp3) is 0.471. The number of hydrogen-bond donors (Lipinski definition) is 1. The van der Waals surface area contributed by atoms with E-state index < -0.39 is 15.9 Å². The van der Waals surface area contributed by atoms with Crippen LogP contribution in [0, 0.1) is 0 Å². The van der Waals surface area contributed by atoms with Crippen LogP contribution in [0.1, 0.15) is 30.1 Å². The highest BCUT2D eigenvalue weighted by Gasteiger charge is 2.32. The first-order valence-corrected chi connectivity index (χ1v) is 11.5. The Labute approximate surface area is 167 Å². The molecular weight excluding hydrogens is 404 g/mol. The van der Waals surface area contributed by atoms with Crippen molar-refractivity contribution in [2.45, 2.75) is 36.7 Å². The molecule has 11 heteroatoms. The number of aromatic nitrogens is 2. The lowest BCUT2D eigenvalue weighted by atomic mass is 10.2. The normalized spacial score (nSPS) is 20.8. The molecule has 9 nitrogen and oxygen atoms in total. The van der Waals surface area contributed by atoms with Gasteiger partial charge in [0.1, 0.15) is 0 Å². The predicted octanol–water partition coefficient (Wildman–Crippen LogP) is 1.98. The summed E-state index contributed by atoms with van der Waals surface area (Å²) in [5.74, 6) is 0.504. The smallest absolute Gasteiger partial charge is 0.322 e. The summed E-state index contributed by atoms with van der Waals surface area (Å²) >= 11 is 1.52. The van der Waals surface area contributed by atoms with Gasteiger partial charge < -0.3 is 9.15 Å². The third-order valence-electron chi connectivity index (χ3n) is 4.10. The lowest BCUT2D eigenvalue weighted by Gasteiger charge is -2.34. The van der Waals surface area contributed by atoms with Crippen molar-refractivity contribution in [3.8, 4) is 0 Å². The van der Waals surface area contributed by atoms with E-state index in [1.165, 1.54) is 40.3 Å². The standard InChI is InChI=1S/C17H22N4O5S2/c1-11-8-21(9-12(2)25-11)28(23,24)14-6-4-13(5-7-14)16(22)18-17-20-19-15(26-17)10-27-3/h4-7,11-12H,8-10H2,1-3H3,(H,18,20,22)/t11-,12-/m1/s1. The van der Waals surface area contributed by atoms with E-state index in [9.17, 15) is 13.2 Å². The quantitative estimate of drug-likeness (QED) is 0.746. The largest absolute Gasteiger partial charge is 0.407 e. The summed E-state index contributed by atoms with van der Waals surface area (Å²) in [4.78, 5) is 12.4. The second-order valence-corrected chi connectivity index (χ2v) is 9.30. The minimum Gasteiger partial charge on any atom is -0.407 e. The molecule has 2 aromatic rings. The van der Waals surface area contributed by atoms with E-state index in [1.54, 1.807) is 0 Å². The van der Waals surface area contributed by atoms with Crippen molar-refractivity contribution in [3.63, 3.8) is 0 Å². The molecular formula is C17H22N4O5S2. The molecule has 0 spiro atoms. The maximum Gasteiger partial charge on any atom is 0.322 e. The van der Waals surface area contributed by atoms with Gasteiger partial charge in [0, 0.05) is 18.7 Å². The molecule has 1 aliphatic heterocycles. The Morgan fingerprint density at radius 1 is 1.21 bits per heavy atom. The average Bonchev–Trinajstić information content (AvgIpc) is 3.08. The Bertz CT molecular complexity index is 919. The Balaban J connectivity index is 1.70. The molecule has 0 unspecified atom stereocenters. The first-order valence-electron chi connectivity index (χ1n) is 8.68. The third kappa shape index (κ3) is 4.72. The van der Waals surface area contributed by atoms with Crippen LogP contribution in [0.15, 0.2) is 33.6 Å². The summed E-state index contributed by atoms with van der Waals surface area (Å²) < 4.78 is 38.0. The lowest BCUT2D eigenvalue weighted by molar-refractivity contribution is -0.0440.